The van der Waals surface area contributed by atoms with Gasteiger partial charge in [0.05, 0.1) is 13.7 Å². The van der Waals surface area contributed by atoms with Crippen LogP contribution in [-0.4, -0.2) is 31.6 Å². The van der Waals surface area contributed by atoms with Crippen molar-refractivity contribution in [3.05, 3.63) is 64.7 Å². The number of guanidine groups is 1. The average molecular weight is 411 g/mol. The summed E-state index contributed by atoms with van der Waals surface area (Å²) >= 11 is 0. The van der Waals surface area contributed by atoms with Gasteiger partial charge in [0, 0.05) is 30.3 Å². The quantitative estimate of drug-likeness (QED) is 0.434. The number of amides is 1. The molecule has 162 valence electrons. The second-order valence-corrected chi connectivity index (χ2v) is 7.34. The molecule has 6 nitrogen and oxygen atoms in total. The molecule has 1 unspecified atom stereocenters. The van der Waals surface area contributed by atoms with Crippen molar-refractivity contribution in [1.29, 1.82) is 0 Å². The van der Waals surface area contributed by atoms with Gasteiger partial charge in [-0.15, -0.1) is 0 Å². The fourth-order valence-corrected chi connectivity index (χ4v) is 2.86. The Balaban J connectivity index is 1.99. The molecule has 6 heteroatoms. The summed E-state index contributed by atoms with van der Waals surface area (Å²) < 4.78 is 5.48. The van der Waals surface area contributed by atoms with Crippen molar-refractivity contribution in [1.82, 2.24) is 16.0 Å². The highest BCUT2D eigenvalue weighted by atomic mass is 16.5. The van der Waals surface area contributed by atoms with Crippen molar-refractivity contribution in [2.24, 2.45) is 4.99 Å². The van der Waals surface area contributed by atoms with Crippen LogP contribution in [0.2, 0.25) is 0 Å². The predicted octanol–water partition coefficient (Wildman–Crippen LogP) is 3.79. The molecule has 2 aromatic rings. The zero-order chi connectivity index (χ0) is 21.9. The summed E-state index contributed by atoms with van der Waals surface area (Å²) in [6, 6.07) is 13.9. The molecule has 0 saturated carbocycles. The average Bonchev–Trinajstić information content (AvgIpc) is 2.76. The molecule has 0 heterocycles. The molecule has 0 saturated heterocycles. The molecule has 30 heavy (non-hydrogen) atoms. The van der Waals surface area contributed by atoms with Crippen molar-refractivity contribution in [3.63, 3.8) is 0 Å². The highest BCUT2D eigenvalue weighted by Crippen LogP contribution is 2.19. The molecule has 0 fully saturated rings. The molecule has 0 aliphatic rings. The number of carbonyl (C=O) groups is 1. The molecule has 0 aromatic heterocycles. The Labute approximate surface area is 180 Å². The van der Waals surface area contributed by atoms with Crippen molar-refractivity contribution < 1.29 is 9.53 Å². The Morgan fingerprint density at radius 2 is 1.83 bits per heavy atom. The normalized spacial score (nSPS) is 12.2. The third kappa shape index (κ3) is 7.10. The van der Waals surface area contributed by atoms with Gasteiger partial charge in [-0.05, 0) is 56.5 Å². The van der Waals surface area contributed by atoms with Crippen LogP contribution < -0.4 is 20.7 Å². The van der Waals surface area contributed by atoms with E-state index in [4.69, 9.17) is 4.74 Å². The molecule has 0 aliphatic heterocycles. The molecule has 0 aliphatic carbocycles. The van der Waals surface area contributed by atoms with Crippen molar-refractivity contribution >= 4 is 11.9 Å². The monoisotopic (exact) mass is 410 g/mol. The first-order valence-corrected chi connectivity index (χ1v) is 10.5. The summed E-state index contributed by atoms with van der Waals surface area (Å²) in [4.78, 5) is 16.9. The number of carbonyl (C=O) groups excluding carboxylic acids is 1. The minimum absolute atomic E-state index is 0.0403. The van der Waals surface area contributed by atoms with Gasteiger partial charge in [-0.25, -0.2) is 4.99 Å². The van der Waals surface area contributed by atoms with Gasteiger partial charge in [0.2, 0.25) is 0 Å². The van der Waals surface area contributed by atoms with Gasteiger partial charge in [-0.2, -0.15) is 0 Å². The maximum atomic E-state index is 12.2. The van der Waals surface area contributed by atoms with E-state index in [0.29, 0.717) is 18.7 Å². The number of aliphatic imine (C=N–C) groups is 1. The third-order valence-corrected chi connectivity index (χ3v) is 4.86. The minimum Gasteiger partial charge on any atom is -0.496 e. The van der Waals surface area contributed by atoms with E-state index < -0.39 is 0 Å². The van der Waals surface area contributed by atoms with Gasteiger partial charge in [-0.1, -0.05) is 31.2 Å². The van der Waals surface area contributed by atoms with Gasteiger partial charge in [0.1, 0.15) is 5.75 Å². The van der Waals surface area contributed by atoms with Crippen LogP contribution in [-0.2, 0) is 13.1 Å². The lowest BCUT2D eigenvalue weighted by Crippen LogP contribution is -2.36. The largest absolute Gasteiger partial charge is 0.496 e. The molecule has 2 aromatic carbocycles. The molecular formula is C24H34N4O2. The van der Waals surface area contributed by atoms with E-state index in [1.54, 1.807) is 7.11 Å². The first-order valence-electron chi connectivity index (χ1n) is 10.5. The molecule has 3 N–H and O–H groups in total. The lowest BCUT2D eigenvalue weighted by atomic mass is 10.1. The first-order chi connectivity index (χ1) is 14.5. The molecule has 0 bridgehead atoms. The fourth-order valence-electron chi connectivity index (χ4n) is 2.86. The summed E-state index contributed by atoms with van der Waals surface area (Å²) in [6.07, 6.45) is 0.910. The molecule has 2 rings (SSSR count). The van der Waals surface area contributed by atoms with E-state index in [2.05, 4.69) is 40.0 Å². The van der Waals surface area contributed by atoms with E-state index in [1.807, 2.05) is 51.1 Å². The van der Waals surface area contributed by atoms with Gasteiger partial charge in [0.15, 0.2) is 5.96 Å². The van der Waals surface area contributed by atoms with Crippen molar-refractivity contribution in [2.45, 2.75) is 53.2 Å². The lowest BCUT2D eigenvalue weighted by Gasteiger charge is -2.14. The van der Waals surface area contributed by atoms with Crippen LogP contribution in [0.1, 0.15) is 54.2 Å². The van der Waals surface area contributed by atoms with E-state index in [-0.39, 0.29) is 11.9 Å². The second-order valence-electron chi connectivity index (χ2n) is 7.34. The van der Waals surface area contributed by atoms with Crippen molar-refractivity contribution in [3.8, 4) is 5.75 Å². The third-order valence-electron chi connectivity index (χ3n) is 4.86. The first kappa shape index (κ1) is 23.3. The second kappa shape index (κ2) is 11.9. The molecule has 1 atom stereocenters. The van der Waals surface area contributed by atoms with E-state index in [0.717, 1.165) is 41.4 Å². The number of rotatable bonds is 9. The van der Waals surface area contributed by atoms with Crippen molar-refractivity contribution in [2.75, 3.05) is 13.7 Å². The molecule has 0 spiro atoms. The summed E-state index contributed by atoms with van der Waals surface area (Å²) in [7, 11) is 1.68. The molecular weight excluding hydrogens is 376 g/mol. The van der Waals surface area contributed by atoms with E-state index in [1.165, 1.54) is 0 Å². The highest BCUT2D eigenvalue weighted by molar-refractivity contribution is 5.94. The number of nitrogens with one attached hydrogen (secondary N) is 3. The standard InChI is InChI=1S/C24H34N4O2/c1-6-18(4)28-23(29)20-12-9-19(10-13-20)15-26-24(25-7-2)27-16-21-11-8-17(3)14-22(21)30-5/h8-14,18H,6-7,15-16H2,1-5H3,(H,28,29)(H2,25,26,27). The van der Waals surface area contributed by atoms with Crippen LogP contribution in [0.4, 0.5) is 0 Å². The minimum atomic E-state index is -0.0403. The summed E-state index contributed by atoms with van der Waals surface area (Å²) in [6.45, 7) is 10.0. The van der Waals surface area contributed by atoms with Crippen LogP contribution in [0.15, 0.2) is 47.5 Å². The topological polar surface area (TPSA) is 74.8 Å². The molecule has 1 amide bonds. The van der Waals surface area contributed by atoms with Gasteiger partial charge >= 0.3 is 0 Å². The number of nitrogens with zero attached hydrogens (tertiary/aromatic N) is 1. The van der Waals surface area contributed by atoms with E-state index in [9.17, 15) is 4.79 Å². The summed E-state index contributed by atoms with van der Waals surface area (Å²) in [5, 5.41) is 9.60. The summed E-state index contributed by atoms with van der Waals surface area (Å²) in [5.74, 6) is 1.56. The molecule has 0 radical (unpaired) electrons. The maximum Gasteiger partial charge on any atom is 0.251 e. The zero-order valence-corrected chi connectivity index (χ0v) is 18.7. The van der Waals surface area contributed by atoms with Gasteiger partial charge in [0.25, 0.3) is 5.91 Å². The van der Waals surface area contributed by atoms with Gasteiger partial charge < -0.3 is 20.7 Å². The smallest absolute Gasteiger partial charge is 0.251 e. The van der Waals surface area contributed by atoms with Crippen LogP contribution in [0.5, 0.6) is 5.75 Å². The van der Waals surface area contributed by atoms with Crippen LogP contribution >= 0.6 is 0 Å². The Hall–Kier alpha value is -3.02. The number of ether oxygens (including phenoxy) is 1. The number of hydrogen-bond donors (Lipinski definition) is 3. The Morgan fingerprint density at radius 1 is 1.10 bits per heavy atom. The van der Waals surface area contributed by atoms with Crippen LogP contribution in [0.3, 0.4) is 0 Å². The Morgan fingerprint density at radius 3 is 2.47 bits per heavy atom. The number of methoxy groups -OCH3 is 1. The highest BCUT2D eigenvalue weighted by Gasteiger charge is 2.08. The van der Waals surface area contributed by atoms with Crippen LogP contribution in [0.25, 0.3) is 0 Å². The SMILES string of the molecule is CCNC(=NCc1ccc(C(=O)NC(C)CC)cc1)NCc1ccc(C)cc1OC. The lowest BCUT2D eigenvalue weighted by molar-refractivity contribution is 0.0939. The number of benzene rings is 2. The Bertz CT molecular complexity index is 847. The maximum absolute atomic E-state index is 12.2. The fraction of sp³-hybridized carbons (Fsp3) is 0.417. The number of hydrogen-bond acceptors (Lipinski definition) is 3. The summed E-state index contributed by atoms with van der Waals surface area (Å²) in [5.41, 5.74) is 3.95. The zero-order valence-electron chi connectivity index (χ0n) is 18.7. The Kier molecular flexibility index (Phi) is 9.19. The van der Waals surface area contributed by atoms with Gasteiger partial charge in [-0.3, -0.25) is 4.79 Å². The van der Waals surface area contributed by atoms with Crippen LogP contribution in [0, 0.1) is 6.92 Å². The van der Waals surface area contributed by atoms with E-state index >= 15 is 0 Å². The predicted molar refractivity (Wildman–Crippen MR) is 123 cm³/mol. The number of aryl methyl sites for hydroxylation is 1.